The molecule has 0 aliphatic carbocycles. The van der Waals surface area contributed by atoms with E-state index >= 15 is 0 Å². The summed E-state index contributed by atoms with van der Waals surface area (Å²) in [6.07, 6.45) is 0. The molecule has 0 bridgehead atoms. The van der Waals surface area contributed by atoms with Crippen LogP contribution in [0.25, 0.3) is 0 Å². The van der Waals surface area contributed by atoms with E-state index in [2.05, 4.69) is 24.1 Å². The van der Waals surface area contributed by atoms with Crippen LogP contribution in [-0.4, -0.2) is 73.0 Å². The first-order valence-electron chi connectivity index (χ1n) is 6.16. The molecule has 0 spiro atoms. The molecule has 0 radical (unpaired) electrons. The van der Waals surface area contributed by atoms with Gasteiger partial charge in [0.05, 0.1) is 6.54 Å². The van der Waals surface area contributed by atoms with Crippen molar-refractivity contribution in [2.75, 3.05) is 51.8 Å². The quantitative estimate of drug-likeness (QED) is 0.779. The summed E-state index contributed by atoms with van der Waals surface area (Å²) in [4.78, 5) is 16.0. The summed E-state index contributed by atoms with van der Waals surface area (Å²) in [5.41, 5.74) is 0.0585. The van der Waals surface area contributed by atoms with Gasteiger partial charge in [0, 0.05) is 36.7 Å². The molecular weight excluding hydrogens is 234 g/mol. The molecule has 1 N–H and O–H groups in total. The predicted molar refractivity (Wildman–Crippen MR) is 74.5 cm³/mol. The summed E-state index contributed by atoms with van der Waals surface area (Å²) >= 11 is 2.01. The van der Waals surface area contributed by atoms with E-state index in [4.69, 9.17) is 0 Å². The summed E-state index contributed by atoms with van der Waals surface area (Å²) in [5.74, 6) is 2.51. The molecule has 1 rings (SSSR count). The lowest BCUT2D eigenvalue weighted by Gasteiger charge is -2.40. The van der Waals surface area contributed by atoms with Crippen LogP contribution in [0, 0.1) is 0 Å². The molecular formula is C12H25N3OS. The van der Waals surface area contributed by atoms with Gasteiger partial charge in [0.25, 0.3) is 0 Å². The van der Waals surface area contributed by atoms with E-state index in [0.717, 1.165) is 19.6 Å². The molecule has 0 atom stereocenters. The van der Waals surface area contributed by atoms with E-state index < -0.39 is 0 Å². The van der Waals surface area contributed by atoms with Gasteiger partial charge >= 0.3 is 0 Å². The van der Waals surface area contributed by atoms with Crippen LogP contribution in [-0.2, 0) is 4.79 Å². The summed E-state index contributed by atoms with van der Waals surface area (Å²) in [7, 11) is 3.82. The molecule has 0 aromatic carbocycles. The van der Waals surface area contributed by atoms with Crippen LogP contribution in [0.15, 0.2) is 0 Å². The summed E-state index contributed by atoms with van der Waals surface area (Å²) < 4.78 is 0. The van der Waals surface area contributed by atoms with Crippen molar-refractivity contribution in [3.05, 3.63) is 0 Å². The van der Waals surface area contributed by atoms with Crippen LogP contribution in [0.2, 0.25) is 0 Å². The molecule has 4 nitrogen and oxygen atoms in total. The average molecular weight is 259 g/mol. The van der Waals surface area contributed by atoms with Crippen LogP contribution in [0.5, 0.6) is 0 Å². The number of hydrogen-bond acceptors (Lipinski definition) is 4. The van der Waals surface area contributed by atoms with E-state index in [1.54, 1.807) is 0 Å². The van der Waals surface area contributed by atoms with Crippen molar-refractivity contribution in [1.29, 1.82) is 0 Å². The number of nitrogens with zero attached hydrogens (tertiary/aromatic N) is 2. The Bertz CT molecular complexity index is 250. The zero-order chi connectivity index (χ0) is 12.9. The van der Waals surface area contributed by atoms with Crippen LogP contribution in [0.1, 0.15) is 13.8 Å². The van der Waals surface area contributed by atoms with Gasteiger partial charge < -0.3 is 10.2 Å². The first-order valence-corrected chi connectivity index (χ1v) is 7.31. The molecule has 1 heterocycles. The maximum atomic E-state index is 11.6. The first-order chi connectivity index (χ1) is 7.92. The molecule has 1 amide bonds. The van der Waals surface area contributed by atoms with Gasteiger partial charge in [-0.05, 0) is 27.9 Å². The maximum absolute atomic E-state index is 11.6. The lowest BCUT2D eigenvalue weighted by atomic mass is 10.0. The van der Waals surface area contributed by atoms with Crippen LogP contribution in [0.3, 0.4) is 0 Å². The molecule has 0 unspecified atom stereocenters. The third kappa shape index (κ3) is 5.27. The number of nitrogens with one attached hydrogen (secondary N) is 1. The van der Waals surface area contributed by atoms with Crippen LogP contribution >= 0.6 is 11.8 Å². The molecule has 5 heteroatoms. The van der Waals surface area contributed by atoms with E-state index in [0.29, 0.717) is 6.54 Å². The van der Waals surface area contributed by atoms with Gasteiger partial charge in [-0.2, -0.15) is 11.8 Å². The fraction of sp³-hybridized carbons (Fsp3) is 0.917. The molecule has 1 fully saturated rings. The van der Waals surface area contributed by atoms with Gasteiger partial charge in [0.2, 0.25) is 5.91 Å². The number of hydrogen-bond donors (Lipinski definition) is 1. The van der Waals surface area contributed by atoms with Crippen molar-refractivity contribution < 1.29 is 4.79 Å². The van der Waals surface area contributed by atoms with Gasteiger partial charge in [-0.1, -0.05) is 0 Å². The van der Waals surface area contributed by atoms with Crippen LogP contribution < -0.4 is 5.32 Å². The van der Waals surface area contributed by atoms with Crippen molar-refractivity contribution in [3.63, 3.8) is 0 Å². The second-order valence-corrected chi connectivity index (χ2v) is 6.65. The van der Waals surface area contributed by atoms with E-state index in [9.17, 15) is 4.79 Å². The molecule has 0 aromatic heterocycles. The minimum absolute atomic E-state index is 0.0585. The molecule has 1 aliphatic rings. The highest BCUT2D eigenvalue weighted by atomic mass is 32.2. The van der Waals surface area contributed by atoms with E-state index in [1.165, 1.54) is 11.5 Å². The number of carbonyl (C=O) groups is 1. The largest absolute Gasteiger partial charge is 0.353 e. The summed E-state index contributed by atoms with van der Waals surface area (Å²) in [6, 6.07) is 0. The fourth-order valence-electron chi connectivity index (χ4n) is 1.94. The standard InChI is InChI=1S/C12H25N3OS/c1-12(2,15-5-7-17-8-6-15)10-13-11(16)9-14(3)4/h5-10H2,1-4H3,(H,13,16). The monoisotopic (exact) mass is 259 g/mol. The SMILES string of the molecule is CN(C)CC(=O)NCC(C)(C)N1CCSCC1. The number of likely N-dealkylation sites (N-methyl/N-ethyl adjacent to an activating group) is 1. The Morgan fingerprint density at radius 1 is 1.35 bits per heavy atom. The smallest absolute Gasteiger partial charge is 0.234 e. The van der Waals surface area contributed by atoms with Gasteiger partial charge in [-0.3, -0.25) is 9.69 Å². The third-order valence-corrected chi connectivity index (χ3v) is 3.99. The average Bonchev–Trinajstić information content (AvgIpc) is 2.27. The highest BCUT2D eigenvalue weighted by molar-refractivity contribution is 7.99. The Balaban J connectivity index is 2.35. The zero-order valence-electron chi connectivity index (χ0n) is 11.5. The Hall–Kier alpha value is -0.260. The predicted octanol–water partition coefficient (Wildman–Crippen LogP) is 0.492. The van der Waals surface area contributed by atoms with E-state index in [1.807, 2.05) is 30.8 Å². The van der Waals surface area contributed by atoms with Gasteiger partial charge in [-0.25, -0.2) is 0 Å². The van der Waals surface area contributed by atoms with E-state index in [-0.39, 0.29) is 11.4 Å². The second-order valence-electron chi connectivity index (χ2n) is 5.43. The Morgan fingerprint density at radius 3 is 2.47 bits per heavy atom. The zero-order valence-corrected chi connectivity index (χ0v) is 12.3. The fourth-order valence-corrected chi connectivity index (χ4v) is 2.84. The molecule has 100 valence electrons. The number of thioether (sulfide) groups is 1. The van der Waals surface area contributed by atoms with Gasteiger partial charge in [0.15, 0.2) is 0 Å². The number of carbonyl (C=O) groups excluding carboxylic acids is 1. The van der Waals surface area contributed by atoms with Crippen molar-refractivity contribution in [1.82, 2.24) is 15.1 Å². The van der Waals surface area contributed by atoms with Crippen molar-refractivity contribution in [2.24, 2.45) is 0 Å². The minimum atomic E-state index is 0.0585. The van der Waals surface area contributed by atoms with Crippen LogP contribution in [0.4, 0.5) is 0 Å². The molecule has 1 aliphatic heterocycles. The summed E-state index contributed by atoms with van der Waals surface area (Å²) in [6.45, 7) is 7.86. The Labute approximate surface area is 109 Å². The number of rotatable bonds is 5. The highest BCUT2D eigenvalue weighted by Gasteiger charge is 2.28. The molecule has 17 heavy (non-hydrogen) atoms. The topological polar surface area (TPSA) is 35.6 Å². The molecule has 1 saturated heterocycles. The van der Waals surface area contributed by atoms with Crippen molar-refractivity contribution in [2.45, 2.75) is 19.4 Å². The lowest BCUT2D eigenvalue weighted by molar-refractivity contribution is -0.122. The third-order valence-electron chi connectivity index (χ3n) is 3.05. The Morgan fingerprint density at radius 2 is 1.94 bits per heavy atom. The van der Waals surface area contributed by atoms with Gasteiger partial charge in [-0.15, -0.1) is 0 Å². The normalized spacial score (nSPS) is 18.4. The molecule has 0 aromatic rings. The summed E-state index contributed by atoms with van der Waals surface area (Å²) in [5, 5.41) is 3.02. The van der Waals surface area contributed by atoms with Crippen molar-refractivity contribution in [3.8, 4) is 0 Å². The lowest BCUT2D eigenvalue weighted by Crippen LogP contribution is -2.54. The second kappa shape index (κ2) is 6.61. The number of amides is 1. The maximum Gasteiger partial charge on any atom is 0.234 e. The van der Waals surface area contributed by atoms with Gasteiger partial charge in [0.1, 0.15) is 0 Å². The first kappa shape index (κ1) is 14.8. The Kier molecular flexibility index (Phi) is 5.76. The minimum Gasteiger partial charge on any atom is -0.353 e. The molecule has 0 saturated carbocycles. The highest BCUT2D eigenvalue weighted by Crippen LogP contribution is 2.19. The van der Waals surface area contributed by atoms with Crippen molar-refractivity contribution >= 4 is 17.7 Å².